The fraction of sp³-hybridized carbons (Fsp3) is 0.190. The molecule has 0 bridgehead atoms. The number of carbonyl (C=O) groups is 2. The number of amides is 2. The molecule has 0 saturated carbocycles. The fourth-order valence-corrected chi connectivity index (χ4v) is 4.50. The second-order valence-corrected chi connectivity index (χ2v) is 7.97. The van der Waals surface area contributed by atoms with Crippen LogP contribution in [0.15, 0.2) is 41.8 Å². The lowest BCUT2D eigenvalue weighted by Crippen LogP contribution is -2.24. The van der Waals surface area contributed by atoms with Crippen LogP contribution in [0.25, 0.3) is 6.08 Å². The molecule has 0 fully saturated rings. The van der Waals surface area contributed by atoms with E-state index in [1.54, 1.807) is 29.1 Å². The van der Waals surface area contributed by atoms with E-state index in [-0.39, 0.29) is 24.5 Å². The summed E-state index contributed by atoms with van der Waals surface area (Å²) in [7, 11) is 1.74. The monoisotopic (exact) mass is 422 g/mol. The molecule has 0 radical (unpaired) electrons. The number of anilines is 2. The number of hydrogen-bond donors (Lipinski definition) is 2. The average molecular weight is 422 g/mol. The van der Waals surface area contributed by atoms with Crippen molar-refractivity contribution in [3.8, 4) is 11.5 Å². The van der Waals surface area contributed by atoms with Crippen molar-refractivity contribution < 1.29 is 19.1 Å². The lowest BCUT2D eigenvalue weighted by atomic mass is 9.92. The standard InChI is InChI=1S/C21H18N4O4S/c1-25-21-19(13(10-18(27)23-21)16-3-2-8-30-16)20(24-25)22-17(26)7-5-12-4-6-14-15(9-12)29-11-28-14/h2-9,13H,10-11H2,1H3,(H,23,27)(H,22,24,26)/b7-5-. The second kappa shape index (κ2) is 7.34. The van der Waals surface area contributed by atoms with Gasteiger partial charge in [0.05, 0.1) is 0 Å². The molecule has 5 rings (SSSR count). The van der Waals surface area contributed by atoms with E-state index in [2.05, 4.69) is 15.7 Å². The van der Waals surface area contributed by atoms with E-state index in [0.29, 0.717) is 29.6 Å². The Bertz CT molecular complexity index is 1170. The number of benzene rings is 1. The minimum atomic E-state index is -0.310. The molecule has 9 heteroatoms. The molecular formula is C21H18N4O4S. The molecular weight excluding hydrogens is 404 g/mol. The zero-order chi connectivity index (χ0) is 20.7. The predicted molar refractivity (Wildman–Crippen MR) is 113 cm³/mol. The summed E-state index contributed by atoms with van der Waals surface area (Å²) in [5.41, 5.74) is 1.64. The third kappa shape index (κ3) is 3.33. The maximum Gasteiger partial charge on any atom is 0.249 e. The zero-order valence-electron chi connectivity index (χ0n) is 16.0. The first-order valence-electron chi connectivity index (χ1n) is 9.37. The van der Waals surface area contributed by atoms with Crippen molar-refractivity contribution in [2.24, 2.45) is 7.05 Å². The van der Waals surface area contributed by atoms with Crippen LogP contribution in [0.4, 0.5) is 11.6 Å². The Kier molecular flexibility index (Phi) is 4.51. The molecule has 1 unspecified atom stereocenters. The van der Waals surface area contributed by atoms with Crippen molar-refractivity contribution >= 4 is 40.9 Å². The molecule has 4 heterocycles. The molecule has 2 N–H and O–H groups in total. The number of fused-ring (bicyclic) bond motifs is 2. The van der Waals surface area contributed by atoms with Gasteiger partial charge in [-0.1, -0.05) is 12.1 Å². The minimum Gasteiger partial charge on any atom is -0.454 e. The van der Waals surface area contributed by atoms with Gasteiger partial charge >= 0.3 is 0 Å². The summed E-state index contributed by atoms with van der Waals surface area (Å²) in [5.74, 6) is 1.89. The Labute approximate surface area is 176 Å². The van der Waals surface area contributed by atoms with E-state index >= 15 is 0 Å². The van der Waals surface area contributed by atoms with Crippen LogP contribution in [-0.4, -0.2) is 28.4 Å². The number of hydrogen-bond acceptors (Lipinski definition) is 6. The van der Waals surface area contributed by atoms with Crippen LogP contribution in [0.5, 0.6) is 11.5 Å². The van der Waals surface area contributed by atoms with Crippen LogP contribution < -0.4 is 20.1 Å². The van der Waals surface area contributed by atoms with Gasteiger partial charge in [-0.3, -0.25) is 14.3 Å². The van der Waals surface area contributed by atoms with E-state index in [4.69, 9.17) is 9.47 Å². The number of nitrogens with one attached hydrogen (secondary N) is 2. The van der Waals surface area contributed by atoms with Gasteiger partial charge in [0, 0.05) is 35.9 Å². The Balaban J connectivity index is 1.39. The lowest BCUT2D eigenvalue weighted by molar-refractivity contribution is -0.116. The van der Waals surface area contributed by atoms with Gasteiger partial charge in [0.2, 0.25) is 18.6 Å². The second-order valence-electron chi connectivity index (χ2n) is 6.99. The van der Waals surface area contributed by atoms with Crippen LogP contribution in [-0.2, 0) is 16.6 Å². The molecule has 8 nitrogen and oxygen atoms in total. The van der Waals surface area contributed by atoms with Gasteiger partial charge in [0.1, 0.15) is 5.82 Å². The molecule has 0 saturated heterocycles. The highest BCUT2D eigenvalue weighted by Crippen LogP contribution is 2.42. The van der Waals surface area contributed by atoms with E-state index in [1.807, 2.05) is 35.7 Å². The number of ether oxygens (including phenoxy) is 2. The van der Waals surface area contributed by atoms with Crippen molar-refractivity contribution in [2.45, 2.75) is 12.3 Å². The fourth-order valence-electron chi connectivity index (χ4n) is 3.66. The van der Waals surface area contributed by atoms with E-state index < -0.39 is 0 Å². The van der Waals surface area contributed by atoms with Crippen LogP contribution in [0.2, 0.25) is 0 Å². The first-order valence-corrected chi connectivity index (χ1v) is 10.3. The van der Waals surface area contributed by atoms with Gasteiger partial charge in [-0.2, -0.15) is 5.10 Å². The quantitative estimate of drug-likeness (QED) is 0.629. The molecule has 2 amide bonds. The third-order valence-corrected chi connectivity index (χ3v) is 6.02. The molecule has 2 aliphatic heterocycles. The molecule has 30 heavy (non-hydrogen) atoms. The Morgan fingerprint density at radius 1 is 1.33 bits per heavy atom. The molecule has 152 valence electrons. The number of carbonyl (C=O) groups excluding carboxylic acids is 2. The lowest BCUT2D eigenvalue weighted by Gasteiger charge is -2.22. The van der Waals surface area contributed by atoms with Crippen LogP contribution >= 0.6 is 11.3 Å². The number of thiophene rings is 1. The van der Waals surface area contributed by atoms with Crippen molar-refractivity contribution in [3.63, 3.8) is 0 Å². The van der Waals surface area contributed by atoms with Gasteiger partial charge in [-0.05, 0) is 35.2 Å². The topological polar surface area (TPSA) is 94.5 Å². The molecule has 3 aromatic rings. The van der Waals surface area contributed by atoms with Gasteiger partial charge in [-0.25, -0.2) is 0 Å². The summed E-state index contributed by atoms with van der Waals surface area (Å²) in [6.07, 6.45) is 3.46. The highest BCUT2D eigenvalue weighted by atomic mass is 32.1. The van der Waals surface area contributed by atoms with Crippen LogP contribution in [0, 0.1) is 0 Å². The molecule has 2 aromatic heterocycles. The van der Waals surface area contributed by atoms with Gasteiger partial charge < -0.3 is 20.1 Å². The predicted octanol–water partition coefficient (Wildman–Crippen LogP) is 3.34. The van der Waals surface area contributed by atoms with Gasteiger partial charge in [-0.15, -0.1) is 11.3 Å². The number of aryl methyl sites for hydroxylation is 1. The Morgan fingerprint density at radius 3 is 3.03 bits per heavy atom. The maximum atomic E-state index is 12.6. The number of rotatable bonds is 4. The van der Waals surface area contributed by atoms with Crippen molar-refractivity contribution in [3.05, 3.63) is 57.8 Å². The van der Waals surface area contributed by atoms with Crippen molar-refractivity contribution in [1.29, 1.82) is 0 Å². The van der Waals surface area contributed by atoms with Crippen molar-refractivity contribution in [2.75, 3.05) is 17.4 Å². The normalized spacial score (nSPS) is 17.1. The largest absolute Gasteiger partial charge is 0.454 e. The molecule has 0 spiro atoms. The Hall–Kier alpha value is -3.59. The zero-order valence-corrected chi connectivity index (χ0v) is 16.9. The molecule has 1 aromatic carbocycles. The summed E-state index contributed by atoms with van der Waals surface area (Å²) >= 11 is 1.58. The van der Waals surface area contributed by atoms with Crippen LogP contribution in [0.1, 0.15) is 28.3 Å². The summed E-state index contributed by atoms with van der Waals surface area (Å²) in [6, 6.07) is 9.42. The van der Waals surface area contributed by atoms with Crippen molar-refractivity contribution in [1.82, 2.24) is 9.78 Å². The average Bonchev–Trinajstić information content (AvgIpc) is 3.47. The van der Waals surface area contributed by atoms with E-state index in [1.165, 1.54) is 6.08 Å². The number of aromatic nitrogens is 2. The van der Waals surface area contributed by atoms with E-state index in [0.717, 1.165) is 16.0 Å². The smallest absolute Gasteiger partial charge is 0.249 e. The first kappa shape index (κ1) is 18.4. The minimum absolute atomic E-state index is 0.0653. The summed E-state index contributed by atoms with van der Waals surface area (Å²) in [4.78, 5) is 25.8. The molecule has 1 atom stereocenters. The maximum absolute atomic E-state index is 12.6. The number of nitrogens with zero attached hydrogens (tertiary/aromatic N) is 2. The summed E-state index contributed by atoms with van der Waals surface area (Å²) < 4.78 is 12.2. The molecule has 2 aliphatic rings. The molecule has 0 aliphatic carbocycles. The highest BCUT2D eigenvalue weighted by Gasteiger charge is 2.33. The van der Waals surface area contributed by atoms with Gasteiger partial charge in [0.25, 0.3) is 0 Å². The first-order chi connectivity index (χ1) is 14.6. The highest BCUT2D eigenvalue weighted by molar-refractivity contribution is 7.10. The summed E-state index contributed by atoms with van der Waals surface area (Å²) in [6.45, 7) is 0.204. The SMILES string of the molecule is Cn1nc(NC(=O)/C=C\c2ccc3c(c2)OCO3)c2c1NC(=O)CC2c1cccs1. The van der Waals surface area contributed by atoms with E-state index in [9.17, 15) is 9.59 Å². The Morgan fingerprint density at radius 2 is 2.20 bits per heavy atom. The summed E-state index contributed by atoms with van der Waals surface area (Å²) in [5, 5.41) is 12.1. The van der Waals surface area contributed by atoms with Gasteiger partial charge in [0.15, 0.2) is 17.3 Å². The van der Waals surface area contributed by atoms with Crippen LogP contribution in [0.3, 0.4) is 0 Å². The third-order valence-electron chi connectivity index (χ3n) is 5.03.